The first-order valence-electron chi connectivity index (χ1n) is 8.34. The van der Waals surface area contributed by atoms with E-state index in [0.29, 0.717) is 5.56 Å². The summed E-state index contributed by atoms with van der Waals surface area (Å²) in [4.78, 5) is 25.9. The topological polar surface area (TPSA) is 105 Å². The number of pyridine rings is 1. The molecule has 1 unspecified atom stereocenters. The summed E-state index contributed by atoms with van der Waals surface area (Å²) in [6, 6.07) is 11.8. The van der Waals surface area contributed by atoms with Crippen LogP contribution in [0.25, 0.3) is 0 Å². The summed E-state index contributed by atoms with van der Waals surface area (Å²) in [5.74, 6) is -1.07. The molecule has 1 heterocycles. The van der Waals surface area contributed by atoms with Crippen LogP contribution in [0.5, 0.6) is 0 Å². The third-order valence-electron chi connectivity index (χ3n) is 3.78. The summed E-state index contributed by atoms with van der Waals surface area (Å²) >= 11 is 0. The van der Waals surface area contributed by atoms with Crippen LogP contribution in [0.15, 0.2) is 54.9 Å². The van der Waals surface area contributed by atoms with E-state index in [1.807, 2.05) is 0 Å². The van der Waals surface area contributed by atoms with Crippen LogP contribution in [0.2, 0.25) is 0 Å². The van der Waals surface area contributed by atoms with Crippen molar-refractivity contribution in [3.63, 3.8) is 0 Å². The number of hydrogen-bond donors (Lipinski definition) is 2. The molecule has 0 saturated heterocycles. The van der Waals surface area contributed by atoms with Crippen LogP contribution < -0.4 is 14.8 Å². The lowest BCUT2D eigenvalue weighted by Gasteiger charge is -2.14. The number of carbonyl (C=O) groups excluding carboxylic acids is 2. The van der Waals surface area contributed by atoms with Crippen molar-refractivity contribution in [3.05, 3.63) is 66.0 Å². The number of ether oxygens (including phenoxy) is 1. The van der Waals surface area contributed by atoms with Crippen molar-refractivity contribution in [1.82, 2.24) is 10.3 Å². The highest BCUT2D eigenvalue weighted by molar-refractivity contribution is 7.89. The number of nitrogens with zero attached hydrogens (tertiary/aromatic N) is 1. The van der Waals surface area contributed by atoms with Gasteiger partial charge < -0.3 is 4.74 Å². The van der Waals surface area contributed by atoms with Crippen LogP contribution in [0.3, 0.4) is 0 Å². The van der Waals surface area contributed by atoms with Gasteiger partial charge >= 0.3 is 5.97 Å². The molecular formula is C18H22N3O5S+. The molecule has 1 atom stereocenters. The van der Waals surface area contributed by atoms with E-state index in [1.165, 1.54) is 23.8 Å². The molecule has 1 aromatic heterocycles. The second kappa shape index (κ2) is 9.24. The van der Waals surface area contributed by atoms with Gasteiger partial charge in [0.05, 0.1) is 11.9 Å². The average molecular weight is 392 g/mol. The first-order valence-corrected chi connectivity index (χ1v) is 9.88. The van der Waals surface area contributed by atoms with Gasteiger partial charge in [0.2, 0.25) is 16.6 Å². The van der Waals surface area contributed by atoms with E-state index < -0.39 is 27.1 Å². The zero-order valence-electron chi connectivity index (χ0n) is 15.1. The molecule has 1 amide bonds. The third-order valence-corrected chi connectivity index (χ3v) is 5.37. The first kappa shape index (κ1) is 20.5. The molecule has 0 aliphatic heterocycles. The van der Waals surface area contributed by atoms with Crippen molar-refractivity contribution in [2.24, 2.45) is 0 Å². The number of hydrogen-bond acceptors (Lipinski definition) is 5. The minimum absolute atomic E-state index is 0.0499. The van der Waals surface area contributed by atoms with Crippen LogP contribution in [-0.2, 0) is 26.1 Å². The third kappa shape index (κ3) is 5.87. The van der Waals surface area contributed by atoms with E-state index in [9.17, 15) is 18.0 Å². The Balaban J connectivity index is 2.02. The SMILES string of the molecule is CCOC(=O)C[n+]1cccc(C(=O)NNS(=O)(=O)C(C)c2ccccc2)c1. The van der Waals surface area contributed by atoms with Gasteiger partial charge in [0, 0.05) is 6.07 Å². The van der Waals surface area contributed by atoms with Gasteiger partial charge in [-0.2, -0.15) is 4.57 Å². The van der Waals surface area contributed by atoms with E-state index in [-0.39, 0.29) is 18.7 Å². The van der Waals surface area contributed by atoms with Gasteiger partial charge in [0.1, 0.15) is 5.56 Å². The maximum atomic E-state index is 12.4. The summed E-state index contributed by atoms with van der Waals surface area (Å²) in [6.07, 6.45) is 3.04. The molecule has 0 spiro atoms. The highest BCUT2D eigenvalue weighted by Crippen LogP contribution is 2.19. The van der Waals surface area contributed by atoms with Crippen molar-refractivity contribution in [3.8, 4) is 0 Å². The number of aromatic nitrogens is 1. The normalized spacial score (nSPS) is 12.2. The maximum Gasteiger partial charge on any atom is 0.372 e. The summed E-state index contributed by atoms with van der Waals surface area (Å²) in [5, 5.41) is -0.844. The van der Waals surface area contributed by atoms with Gasteiger partial charge in [-0.25, -0.2) is 13.2 Å². The lowest BCUT2D eigenvalue weighted by Crippen LogP contribution is -2.44. The van der Waals surface area contributed by atoms with Crippen LogP contribution >= 0.6 is 0 Å². The summed E-state index contributed by atoms with van der Waals surface area (Å²) in [6.45, 7) is 3.45. The van der Waals surface area contributed by atoms with E-state index >= 15 is 0 Å². The average Bonchev–Trinajstić information content (AvgIpc) is 2.66. The van der Waals surface area contributed by atoms with Crippen molar-refractivity contribution in [2.75, 3.05) is 6.61 Å². The molecule has 2 rings (SSSR count). The molecule has 0 aliphatic carbocycles. The number of sulfonamides is 1. The van der Waals surface area contributed by atoms with Gasteiger partial charge in [-0.3, -0.25) is 10.2 Å². The van der Waals surface area contributed by atoms with Gasteiger partial charge in [-0.15, -0.1) is 4.83 Å². The van der Waals surface area contributed by atoms with Crippen LogP contribution in [0.4, 0.5) is 0 Å². The largest absolute Gasteiger partial charge is 0.461 e. The highest BCUT2D eigenvalue weighted by atomic mass is 32.2. The number of benzene rings is 1. The number of hydrazine groups is 1. The Morgan fingerprint density at radius 1 is 1.15 bits per heavy atom. The Hall–Kier alpha value is -2.78. The molecule has 0 saturated carbocycles. The van der Waals surface area contributed by atoms with E-state index in [1.54, 1.807) is 49.5 Å². The fourth-order valence-electron chi connectivity index (χ4n) is 2.29. The van der Waals surface area contributed by atoms with E-state index in [0.717, 1.165) is 0 Å². The number of carbonyl (C=O) groups is 2. The zero-order valence-corrected chi connectivity index (χ0v) is 15.9. The second-order valence-corrected chi connectivity index (χ2v) is 7.73. The minimum atomic E-state index is -3.82. The quantitative estimate of drug-likeness (QED) is 0.394. The van der Waals surface area contributed by atoms with Crippen molar-refractivity contribution in [2.45, 2.75) is 25.6 Å². The monoisotopic (exact) mass is 392 g/mol. The molecule has 9 heteroatoms. The lowest BCUT2D eigenvalue weighted by atomic mass is 10.2. The van der Waals surface area contributed by atoms with Gasteiger partial charge in [-0.05, 0) is 25.5 Å². The highest BCUT2D eigenvalue weighted by Gasteiger charge is 2.23. The molecule has 0 fully saturated rings. The summed E-state index contributed by atoms with van der Waals surface area (Å²) < 4.78 is 31.1. The molecule has 1 aromatic carbocycles. The summed E-state index contributed by atoms with van der Waals surface area (Å²) in [5.41, 5.74) is 2.98. The molecule has 8 nitrogen and oxygen atoms in total. The van der Waals surface area contributed by atoms with Gasteiger partial charge in [0.15, 0.2) is 12.4 Å². The first-order chi connectivity index (χ1) is 12.8. The van der Waals surface area contributed by atoms with E-state index in [4.69, 9.17) is 4.74 Å². The fraction of sp³-hybridized carbons (Fsp3) is 0.278. The predicted molar refractivity (Wildman–Crippen MR) is 97.6 cm³/mol. The summed E-state index contributed by atoms with van der Waals surface area (Å²) in [7, 11) is -3.82. The Morgan fingerprint density at radius 2 is 1.85 bits per heavy atom. The van der Waals surface area contributed by atoms with Gasteiger partial charge in [-0.1, -0.05) is 30.3 Å². The van der Waals surface area contributed by atoms with Crippen molar-refractivity contribution < 1.29 is 27.3 Å². The standard InChI is InChI=1S/C18H21N3O5S/c1-3-26-17(22)13-21-11-7-10-16(12-21)18(23)19-20-27(24,25)14(2)15-8-5-4-6-9-15/h4-12,14,20H,3,13H2,1-2H3/p+1. The molecule has 0 bridgehead atoms. The zero-order chi connectivity index (χ0) is 19.9. The minimum Gasteiger partial charge on any atom is -0.461 e. The lowest BCUT2D eigenvalue weighted by molar-refractivity contribution is -0.686. The second-order valence-electron chi connectivity index (χ2n) is 5.72. The van der Waals surface area contributed by atoms with Crippen LogP contribution in [0.1, 0.15) is 35.0 Å². The number of esters is 1. The Labute approximate surface area is 158 Å². The Bertz CT molecular complexity index is 900. The Kier molecular flexibility index (Phi) is 7.03. The Morgan fingerprint density at radius 3 is 2.52 bits per heavy atom. The number of amides is 1. The van der Waals surface area contributed by atoms with Crippen molar-refractivity contribution >= 4 is 21.9 Å². The molecule has 2 N–H and O–H groups in total. The molecular weight excluding hydrogens is 370 g/mol. The molecule has 144 valence electrons. The number of nitrogens with one attached hydrogen (secondary N) is 2. The number of rotatable bonds is 8. The van der Waals surface area contributed by atoms with Crippen molar-refractivity contribution in [1.29, 1.82) is 0 Å². The van der Waals surface area contributed by atoms with Crippen LogP contribution in [-0.4, -0.2) is 26.9 Å². The molecule has 0 aliphatic rings. The smallest absolute Gasteiger partial charge is 0.372 e. The maximum absolute atomic E-state index is 12.4. The molecule has 0 radical (unpaired) electrons. The predicted octanol–water partition coefficient (Wildman–Crippen LogP) is 0.863. The van der Waals surface area contributed by atoms with Crippen LogP contribution in [0, 0.1) is 0 Å². The molecule has 27 heavy (non-hydrogen) atoms. The van der Waals surface area contributed by atoms with Gasteiger partial charge in [0.25, 0.3) is 5.91 Å². The molecule has 2 aromatic rings. The fourth-order valence-corrected chi connectivity index (χ4v) is 3.22. The van der Waals surface area contributed by atoms with E-state index in [2.05, 4.69) is 10.3 Å².